The molecule has 2 nitrogen and oxygen atoms in total. The summed E-state index contributed by atoms with van der Waals surface area (Å²) in [5, 5.41) is 0. The third kappa shape index (κ3) is 4.54. The van der Waals surface area contributed by atoms with Crippen LogP contribution in [0.25, 0.3) is 5.57 Å². The Balaban J connectivity index is 2.40. The third-order valence-corrected chi connectivity index (χ3v) is 5.33. The average molecular weight is 405 g/mol. The number of aromatic nitrogens is 2. The molecule has 116 valence electrons. The second-order valence-corrected chi connectivity index (χ2v) is 8.31. The van der Waals surface area contributed by atoms with Crippen molar-refractivity contribution in [3.05, 3.63) is 51.7 Å². The Hall–Kier alpha value is -1.41. The topological polar surface area (TPSA) is 25.8 Å². The van der Waals surface area contributed by atoms with Crippen LogP contribution in [0.15, 0.2) is 36.4 Å². The molecule has 0 aromatic carbocycles. The van der Waals surface area contributed by atoms with Crippen molar-refractivity contribution in [3.8, 4) is 12.3 Å². The molecule has 0 saturated heterocycles. The summed E-state index contributed by atoms with van der Waals surface area (Å²) in [5.41, 5.74) is 2.93. The molecule has 0 spiro atoms. The Morgan fingerprint density at radius 3 is 2.91 bits per heavy atom. The van der Waals surface area contributed by atoms with Crippen LogP contribution < -0.4 is 21.2 Å². The quantitative estimate of drug-likeness (QED) is 0.308. The van der Waals surface area contributed by atoms with E-state index in [4.69, 9.17) is 16.4 Å². The van der Waals surface area contributed by atoms with Gasteiger partial charge in [-0.3, -0.25) is 0 Å². The summed E-state index contributed by atoms with van der Waals surface area (Å²) in [7, 11) is 0. The van der Waals surface area contributed by atoms with Crippen molar-refractivity contribution < 1.29 is 21.2 Å². The molecule has 0 aliphatic heterocycles. The molecule has 1 aromatic rings. The Morgan fingerprint density at radius 2 is 2.27 bits per heavy atom. The van der Waals surface area contributed by atoms with Crippen LogP contribution in [0.2, 0.25) is 0 Å². The van der Waals surface area contributed by atoms with Gasteiger partial charge in [0.2, 0.25) is 0 Å². The maximum absolute atomic E-state index is 5.70. The summed E-state index contributed by atoms with van der Waals surface area (Å²) in [6, 6.07) is 2.08. The summed E-state index contributed by atoms with van der Waals surface area (Å²) in [6.07, 6.45) is 19.5. The Kier molecular flexibility index (Phi) is 6.85. The first kappa shape index (κ1) is 17.0. The monoisotopic (exact) mass is 405 g/mol. The minimum absolute atomic E-state index is 0.131. The maximum atomic E-state index is 5.70. The van der Waals surface area contributed by atoms with E-state index < -0.39 is 0 Å². The van der Waals surface area contributed by atoms with Gasteiger partial charge in [-0.2, -0.15) is 0 Å². The van der Waals surface area contributed by atoms with Crippen LogP contribution >= 0.6 is 0 Å². The van der Waals surface area contributed by atoms with Crippen molar-refractivity contribution in [3.63, 3.8) is 0 Å². The van der Waals surface area contributed by atoms with Gasteiger partial charge in [0.25, 0.3) is 0 Å². The van der Waals surface area contributed by atoms with Gasteiger partial charge in [0.05, 0.1) is 0 Å². The summed E-state index contributed by atoms with van der Waals surface area (Å²) >= 11 is -0.131. The molecular weight excluding hydrogens is 383 g/mol. The van der Waals surface area contributed by atoms with Gasteiger partial charge in [-0.1, -0.05) is 0 Å². The normalized spacial score (nSPS) is 17.7. The molecule has 2 rings (SSSR count). The third-order valence-electron chi connectivity index (χ3n) is 3.40. The summed E-state index contributed by atoms with van der Waals surface area (Å²) in [6.45, 7) is 4.35. The number of halogens is 1. The first-order chi connectivity index (χ1) is 10.8. The van der Waals surface area contributed by atoms with E-state index >= 15 is 0 Å². The second-order valence-electron chi connectivity index (χ2n) is 5.05. The molecule has 1 aromatic heterocycles. The van der Waals surface area contributed by atoms with Gasteiger partial charge < -0.3 is 0 Å². The first-order valence-electron chi connectivity index (χ1n) is 7.77. The van der Waals surface area contributed by atoms with Gasteiger partial charge >= 0.3 is 144 Å². The van der Waals surface area contributed by atoms with Gasteiger partial charge in [0.15, 0.2) is 0 Å². The van der Waals surface area contributed by atoms with E-state index in [1.165, 1.54) is 0 Å². The molecule has 1 unspecified atom stereocenters. The minimum atomic E-state index is -0.131. The van der Waals surface area contributed by atoms with E-state index in [1.54, 1.807) is 0 Å². The zero-order valence-electron chi connectivity index (χ0n) is 13.2. The number of unbranched alkanes of at least 4 members (excludes halogenated alkanes) is 1. The molecule has 0 radical (unpaired) electrons. The molecule has 0 fully saturated rings. The summed E-state index contributed by atoms with van der Waals surface area (Å²) in [4.78, 5) is 9.53. The SMILES string of the molecule is C#C/C(=C\CCC)c1cc(C2C=CC=CC2)nc([I-]CC)n1. The number of rotatable bonds is 6. The van der Waals surface area contributed by atoms with Crippen LogP contribution in [0.1, 0.15) is 50.4 Å². The van der Waals surface area contributed by atoms with Gasteiger partial charge in [-0.05, 0) is 0 Å². The fraction of sp³-hybridized carbons (Fsp3) is 0.368. The van der Waals surface area contributed by atoms with Gasteiger partial charge in [0, 0.05) is 0 Å². The van der Waals surface area contributed by atoms with E-state index in [2.05, 4.69) is 56.2 Å². The van der Waals surface area contributed by atoms with Crippen LogP contribution in [0.4, 0.5) is 0 Å². The number of hydrogen-bond acceptors (Lipinski definition) is 2. The van der Waals surface area contributed by atoms with E-state index in [9.17, 15) is 0 Å². The predicted molar refractivity (Wildman–Crippen MR) is 88.6 cm³/mol. The van der Waals surface area contributed by atoms with Crippen molar-refractivity contribution >= 4 is 5.57 Å². The number of allylic oxidation sites excluding steroid dienone is 6. The standard InChI is InChI=1S/C19H22IN2/c1-4-7-11-15(5-2)17-14-18(16-12-9-8-10-13-16)22-19(21-17)20-6-3/h2,8-12,14,16H,4,6-7,13H2,1,3H3/q-1/b15-11+. The molecular formula is C19H22IN2-. The van der Waals surface area contributed by atoms with E-state index in [0.717, 1.165) is 44.5 Å². The molecule has 0 bridgehead atoms. The number of hydrogen-bond donors (Lipinski definition) is 0. The van der Waals surface area contributed by atoms with Crippen LogP contribution in [0.5, 0.6) is 0 Å². The van der Waals surface area contributed by atoms with Crippen molar-refractivity contribution in [1.29, 1.82) is 0 Å². The Labute approximate surface area is 144 Å². The fourth-order valence-electron chi connectivity index (χ4n) is 2.27. The van der Waals surface area contributed by atoms with E-state index in [-0.39, 0.29) is 21.2 Å². The molecule has 22 heavy (non-hydrogen) atoms. The molecule has 0 N–H and O–H groups in total. The summed E-state index contributed by atoms with van der Waals surface area (Å²) in [5.74, 6) is 3.15. The number of alkyl halides is 1. The van der Waals surface area contributed by atoms with Crippen LogP contribution in [-0.2, 0) is 0 Å². The van der Waals surface area contributed by atoms with E-state index in [0.29, 0.717) is 5.92 Å². The van der Waals surface area contributed by atoms with Gasteiger partial charge in [-0.25, -0.2) is 0 Å². The zero-order chi connectivity index (χ0) is 15.8. The zero-order valence-corrected chi connectivity index (χ0v) is 15.4. The van der Waals surface area contributed by atoms with Gasteiger partial charge in [0.1, 0.15) is 0 Å². The van der Waals surface area contributed by atoms with E-state index in [1.807, 2.05) is 0 Å². The molecule has 1 heterocycles. The fourth-order valence-corrected chi connectivity index (χ4v) is 3.83. The first-order valence-corrected chi connectivity index (χ1v) is 10.4. The molecule has 1 aliphatic rings. The number of nitrogens with zero attached hydrogens (tertiary/aromatic N) is 2. The van der Waals surface area contributed by atoms with Crippen LogP contribution in [0.3, 0.4) is 0 Å². The Bertz CT molecular complexity index is 635. The van der Waals surface area contributed by atoms with Crippen LogP contribution in [0, 0.1) is 16.2 Å². The van der Waals surface area contributed by atoms with Crippen molar-refractivity contribution in [2.45, 2.75) is 39.0 Å². The van der Waals surface area contributed by atoms with Crippen LogP contribution in [-0.4, -0.2) is 14.4 Å². The molecule has 0 saturated carbocycles. The predicted octanol–water partition coefficient (Wildman–Crippen LogP) is 1.17. The molecule has 0 amide bonds. The number of terminal acetylenes is 1. The van der Waals surface area contributed by atoms with Crippen molar-refractivity contribution in [1.82, 2.24) is 9.97 Å². The molecule has 1 aliphatic carbocycles. The van der Waals surface area contributed by atoms with Crippen molar-refractivity contribution in [2.75, 3.05) is 4.43 Å². The second kappa shape index (κ2) is 8.89. The van der Waals surface area contributed by atoms with Crippen molar-refractivity contribution in [2.24, 2.45) is 0 Å². The molecule has 1 atom stereocenters. The van der Waals surface area contributed by atoms with Gasteiger partial charge in [-0.15, -0.1) is 0 Å². The molecule has 3 heteroatoms. The Morgan fingerprint density at radius 1 is 1.41 bits per heavy atom. The summed E-state index contributed by atoms with van der Waals surface area (Å²) < 4.78 is 2.15. The average Bonchev–Trinajstić information content (AvgIpc) is 2.56.